The molecule has 0 aromatic rings. The van der Waals surface area contributed by atoms with E-state index in [0.717, 1.165) is 22.8 Å². The predicted molar refractivity (Wildman–Crippen MR) is 66.9 cm³/mol. The summed E-state index contributed by atoms with van der Waals surface area (Å²) in [6.07, 6.45) is 8.17. The Balaban J connectivity index is 2.21. The Hall–Kier alpha value is -0.760. The van der Waals surface area contributed by atoms with E-state index in [1.54, 1.807) is 0 Å². The lowest BCUT2D eigenvalue weighted by Crippen LogP contribution is -2.57. The molecule has 0 amide bonds. The lowest BCUT2D eigenvalue weighted by Gasteiger charge is -2.47. The van der Waals surface area contributed by atoms with E-state index in [2.05, 4.69) is 39.2 Å². The minimum absolute atomic E-state index is 0.632. The fourth-order valence-electron chi connectivity index (χ4n) is 3.01. The number of hydrogen-bond acceptors (Lipinski definition) is 1. The minimum Gasteiger partial charge on any atom is -0.494 e. The molecule has 0 aromatic carbocycles. The molecule has 0 spiro atoms. The molecule has 0 saturated carbocycles. The Morgan fingerprint density at radius 3 is 2.88 bits per heavy atom. The van der Waals surface area contributed by atoms with E-state index in [1.807, 2.05) is 6.92 Å². The Morgan fingerprint density at radius 2 is 2.19 bits per heavy atom. The summed E-state index contributed by atoms with van der Waals surface area (Å²) in [5.41, 5.74) is 0. The number of ether oxygens (including phenoxy) is 1. The van der Waals surface area contributed by atoms with Crippen LogP contribution in [0.5, 0.6) is 0 Å². The molecule has 1 fully saturated rings. The van der Waals surface area contributed by atoms with Gasteiger partial charge in [0.25, 0.3) is 0 Å². The van der Waals surface area contributed by atoms with Gasteiger partial charge in [0.15, 0.2) is 0 Å². The van der Waals surface area contributed by atoms with Crippen LogP contribution in [0.15, 0.2) is 24.0 Å². The molecule has 90 valence electrons. The maximum atomic E-state index is 5.62. The van der Waals surface area contributed by atoms with Gasteiger partial charge < -0.3 is 9.22 Å². The molecule has 3 unspecified atom stereocenters. The largest absolute Gasteiger partial charge is 0.494 e. The highest BCUT2D eigenvalue weighted by atomic mass is 16.5. The summed E-state index contributed by atoms with van der Waals surface area (Å²) in [7, 11) is 4.68. The van der Waals surface area contributed by atoms with Crippen LogP contribution in [0.25, 0.3) is 0 Å². The van der Waals surface area contributed by atoms with Crippen LogP contribution < -0.4 is 0 Å². The van der Waals surface area contributed by atoms with Crippen molar-refractivity contribution in [2.75, 3.05) is 27.2 Å². The molecular weight excluding hydrogens is 198 g/mol. The molecule has 2 aliphatic rings. The van der Waals surface area contributed by atoms with Crippen molar-refractivity contribution in [1.29, 1.82) is 0 Å². The van der Waals surface area contributed by atoms with Gasteiger partial charge in [-0.1, -0.05) is 6.92 Å². The Kier molecular flexibility index (Phi) is 3.11. The normalized spacial score (nSPS) is 36.5. The second kappa shape index (κ2) is 4.25. The van der Waals surface area contributed by atoms with E-state index >= 15 is 0 Å². The van der Waals surface area contributed by atoms with E-state index < -0.39 is 0 Å². The van der Waals surface area contributed by atoms with Gasteiger partial charge in [0.2, 0.25) is 0 Å². The van der Waals surface area contributed by atoms with E-state index in [9.17, 15) is 0 Å². The first-order chi connectivity index (χ1) is 7.54. The molecule has 1 heterocycles. The van der Waals surface area contributed by atoms with Crippen molar-refractivity contribution in [2.45, 2.75) is 26.3 Å². The van der Waals surface area contributed by atoms with E-state index in [-0.39, 0.29) is 0 Å². The van der Waals surface area contributed by atoms with Crippen molar-refractivity contribution in [1.82, 2.24) is 0 Å². The number of rotatable bonds is 2. The average Bonchev–Trinajstić information content (AvgIpc) is 2.25. The third-order valence-corrected chi connectivity index (χ3v) is 4.14. The molecular formula is C14H24NO+. The van der Waals surface area contributed by atoms with Gasteiger partial charge in [0.1, 0.15) is 11.8 Å². The lowest BCUT2D eigenvalue weighted by atomic mass is 9.77. The van der Waals surface area contributed by atoms with Crippen molar-refractivity contribution in [3.8, 4) is 0 Å². The van der Waals surface area contributed by atoms with Crippen LogP contribution in [0.1, 0.15) is 20.3 Å². The van der Waals surface area contributed by atoms with Crippen LogP contribution in [-0.2, 0) is 4.74 Å². The molecule has 0 aromatic heterocycles. The van der Waals surface area contributed by atoms with Gasteiger partial charge in [-0.15, -0.1) is 0 Å². The third-order valence-electron chi connectivity index (χ3n) is 4.14. The smallest absolute Gasteiger partial charge is 0.115 e. The maximum Gasteiger partial charge on any atom is 0.115 e. The van der Waals surface area contributed by atoms with Crippen molar-refractivity contribution in [3.63, 3.8) is 0 Å². The molecule has 1 aliphatic heterocycles. The molecule has 1 saturated heterocycles. The summed E-state index contributed by atoms with van der Waals surface area (Å²) in [4.78, 5) is 0. The van der Waals surface area contributed by atoms with Crippen LogP contribution in [0.3, 0.4) is 0 Å². The van der Waals surface area contributed by atoms with Crippen molar-refractivity contribution in [2.24, 2.45) is 11.8 Å². The van der Waals surface area contributed by atoms with Gasteiger partial charge in [-0.2, -0.15) is 0 Å². The van der Waals surface area contributed by atoms with Crippen LogP contribution in [0, 0.1) is 11.8 Å². The Morgan fingerprint density at radius 1 is 1.44 bits per heavy atom. The zero-order valence-corrected chi connectivity index (χ0v) is 10.9. The molecule has 0 N–H and O–H groups in total. The van der Waals surface area contributed by atoms with Crippen LogP contribution in [0.2, 0.25) is 0 Å². The van der Waals surface area contributed by atoms with E-state index in [4.69, 9.17) is 4.74 Å². The van der Waals surface area contributed by atoms with Gasteiger partial charge in [-0.05, 0) is 37.5 Å². The number of hydrogen-bond donors (Lipinski definition) is 0. The van der Waals surface area contributed by atoms with E-state index in [0.29, 0.717) is 12.0 Å². The molecule has 0 bridgehead atoms. The monoisotopic (exact) mass is 222 g/mol. The quantitative estimate of drug-likeness (QED) is 0.653. The molecule has 0 radical (unpaired) electrons. The van der Waals surface area contributed by atoms with Gasteiger partial charge in [-0.25, -0.2) is 0 Å². The summed E-state index contributed by atoms with van der Waals surface area (Å²) in [5, 5.41) is 0. The predicted octanol–water partition coefficient (Wildman–Crippen LogP) is 2.58. The standard InChI is InChI=1S/C14H24NO/c1-5-16-12-6-7-14-13(10-12)11(2)8-9-15(14,3)4/h6-7,10-11,13-14H,5,8-9H2,1-4H3/q+1. The number of likely N-dealkylation sites (N-methyl/N-ethyl adjacent to an activating group) is 1. The number of nitrogens with zero attached hydrogens (tertiary/aromatic N) is 1. The average molecular weight is 222 g/mol. The number of fused-ring (bicyclic) bond motifs is 1. The van der Waals surface area contributed by atoms with Crippen LogP contribution in [0.4, 0.5) is 0 Å². The number of quaternary nitrogens is 1. The minimum atomic E-state index is 0.632. The molecule has 1 aliphatic carbocycles. The van der Waals surface area contributed by atoms with Crippen molar-refractivity contribution < 1.29 is 9.22 Å². The highest BCUT2D eigenvalue weighted by molar-refractivity contribution is 5.23. The van der Waals surface area contributed by atoms with E-state index in [1.165, 1.54) is 13.0 Å². The van der Waals surface area contributed by atoms with Gasteiger partial charge >= 0.3 is 0 Å². The second-order valence-electron chi connectivity index (χ2n) is 5.70. The summed E-state index contributed by atoms with van der Waals surface area (Å²) in [6, 6.07) is 0.632. The molecule has 3 atom stereocenters. The zero-order valence-electron chi connectivity index (χ0n) is 10.9. The first kappa shape index (κ1) is 11.7. The van der Waals surface area contributed by atoms with Crippen molar-refractivity contribution in [3.05, 3.63) is 24.0 Å². The maximum absolute atomic E-state index is 5.62. The van der Waals surface area contributed by atoms with Gasteiger partial charge in [-0.3, -0.25) is 0 Å². The summed E-state index contributed by atoms with van der Waals surface area (Å²) >= 11 is 0. The lowest BCUT2D eigenvalue weighted by molar-refractivity contribution is -0.918. The highest BCUT2D eigenvalue weighted by Crippen LogP contribution is 2.36. The third kappa shape index (κ3) is 2.03. The van der Waals surface area contributed by atoms with Crippen LogP contribution in [-0.4, -0.2) is 37.8 Å². The number of allylic oxidation sites excluding steroid dienone is 1. The number of piperidine rings is 1. The summed E-state index contributed by atoms with van der Waals surface area (Å²) in [5.74, 6) is 2.49. The first-order valence-electron chi connectivity index (χ1n) is 6.40. The first-order valence-corrected chi connectivity index (χ1v) is 6.40. The number of likely N-dealkylation sites (tertiary alicyclic amines) is 1. The van der Waals surface area contributed by atoms with Crippen LogP contribution >= 0.6 is 0 Å². The topological polar surface area (TPSA) is 9.23 Å². The summed E-state index contributed by atoms with van der Waals surface area (Å²) < 4.78 is 6.73. The SMILES string of the molecule is CCOC1=CC2C(C)CC[N+](C)(C)C2C=C1. The van der Waals surface area contributed by atoms with Gasteiger partial charge in [0, 0.05) is 5.92 Å². The fourth-order valence-corrected chi connectivity index (χ4v) is 3.01. The molecule has 16 heavy (non-hydrogen) atoms. The molecule has 2 nitrogen and oxygen atoms in total. The highest BCUT2D eigenvalue weighted by Gasteiger charge is 2.41. The Labute approximate surface area is 99.2 Å². The van der Waals surface area contributed by atoms with Gasteiger partial charge in [0.05, 0.1) is 27.2 Å². The molecule has 2 heteroatoms. The Bertz CT molecular complexity index is 317. The fraction of sp³-hybridized carbons (Fsp3) is 0.714. The second-order valence-corrected chi connectivity index (χ2v) is 5.70. The zero-order chi connectivity index (χ0) is 11.8. The molecule has 2 rings (SSSR count). The summed E-state index contributed by atoms with van der Waals surface area (Å²) in [6.45, 7) is 6.46. The van der Waals surface area contributed by atoms with Crippen molar-refractivity contribution >= 4 is 0 Å².